The second-order valence-electron chi connectivity index (χ2n) is 2.43. The molecule has 0 saturated carbocycles. The first-order valence-electron chi connectivity index (χ1n) is 3.49. The van der Waals surface area contributed by atoms with E-state index in [1.807, 2.05) is 0 Å². The van der Waals surface area contributed by atoms with Gasteiger partial charge in [0.05, 0.1) is 6.42 Å². The Labute approximate surface area is 94.9 Å². The van der Waals surface area contributed by atoms with Gasteiger partial charge < -0.3 is 13.5 Å². The molecule has 3 N–H and O–H groups in total. The van der Waals surface area contributed by atoms with Crippen LogP contribution in [0.2, 0.25) is 0 Å². The Hall–Kier alpha value is -1.28. The number of carbonyl (C=O) groups excluding carboxylic acids is 2. The molecule has 0 saturated heterocycles. The largest absolute Gasteiger partial charge is 0.449 e. The molecular weight excluding hydrogens is 288 g/mol. The highest BCUT2D eigenvalue weighted by molar-refractivity contribution is 7.81. The van der Waals surface area contributed by atoms with Crippen molar-refractivity contribution in [2.24, 2.45) is 0 Å². The van der Waals surface area contributed by atoms with E-state index < -0.39 is 45.3 Å². The lowest BCUT2D eigenvalue weighted by atomic mass is 10.3. The smallest absolute Gasteiger partial charge is 0.381 e. The van der Waals surface area contributed by atoms with E-state index in [1.54, 1.807) is 0 Å². The van der Waals surface area contributed by atoms with Gasteiger partial charge in [-0.15, -0.1) is 0 Å². The van der Waals surface area contributed by atoms with Crippen molar-refractivity contribution in [1.82, 2.24) is 0 Å². The molecule has 0 aliphatic rings. The van der Waals surface area contributed by atoms with Crippen LogP contribution in [-0.2, 0) is 38.8 Å². The predicted molar refractivity (Wildman–Crippen MR) is 45.9 cm³/mol. The SMILES string of the molecule is O=C(CC(O)C(=O)OS(=O)(=O)O)OS(=O)(=O)O. The van der Waals surface area contributed by atoms with Gasteiger partial charge in [-0.1, -0.05) is 0 Å². The predicted octanol–water partition coefficient (Wildman–Crippen LogP) is -2.57. The van der Waals surface area contributed by atoms with Crippen molar-refractivity contribution in [3.8, 4) is 0 Å². The van der Waals surface area contributed by atoms with Gasteiger partial charge in [0, 0.05) is 0 Å². The summed E-state index contributed by atoms with van der Waals surface area (Å²) in [4.78, 5) is 21.2. The molecule has 1 atom stereocenters. The molecule has 0 aromatic carbocycles. The van der Waals surface area contributed by atoms with E-state index >= 15 is 0 Å². The van der Waals surface area contributed by atoms with Crippen molar-refractivity contribution in [3.05, 3.63) is 0 Å². The molecule has 13 heteroatoms. The Morgan fingerprint density at radius 2 is 1.41 bits per heavy atom. The summed E-state index contributed by atoms with van der Waals surface area (Å²) >= 11 is 0. The number of aliphatic hydroxyl groups excluding tert-OH is 1. The van der Waals surface area contributed by atoms with Gasteiger partial charge in [0.25, 0.3) is 0 Å². The minimum atomic E-state index is -5.17. The normalized spacial score (nSPS) is 13.8. The van der Waals surface area contributed by atoms with Gasteiger partial charge in [-0.05, 0) is 0 Å². The summed E-state index contributed by atoms with van der Waals surface area (Å²) in [5.74, 6) is -3.67. The molecule has 0 fully saturated rings. The second-order valence-corrected chi connectivity index (χ2v) is 4.48. The minimum absolute atomic E-state index is 1.31. The topological polar surface area (TPSA) is 182 Å². The van der Waals surface area contributed by atoms with Crippen molar-refractivity contribution >= 4 is 32.7 Å². The molecule has 11 nitrogen and oxygen atoms in total. The molecule has 17 heavy (non-hydrogen) atoms. The summed E-state index contributed by atoms with van der Waals surface area (Å²) in [7, 11) is -10.3. The molecule has 1 unspecified atom stereocenters. The summed E-state index contributed by atoms with van der Waals surface area (Å²) < 4.78 is 62.6. The van der Waals surface area contributed by atoms with E-state index in [2.05, 4.69) is 8.37 Å². The molecule has 0 aliphatic heterocycles. The summed E-state index contributed by atoms with van der Waals surface area (Å²) in [5, 5.41) is 8.82. The second kappa shape index (κ2) is 5.37. The van der Waals surface area contributed by atoms with E-state index in [-0.39, 0.29) is 0 Å². The van der Waals surface area contributed by atoms with Crippen LogP contribution in [0.3, 0.4) is 0 Å². The molecule has 0 bridgehead atoms. The van der Waals surface area contributed by atoms with E-state index in [4.69, 9.17) is 14.2 Å². The number of hydrogen-bond acceptors (Lipinski definition) is 9. The molecule has 100 valence electrons. The van der Waals surface area contributed by atoms with Crippen LogP contribution in [0.15, 0.2) is 0 Å². The Kier molecular flexibility index (Phi) is 4.96. The maximum absolute atomic E-state index is 10.6. The average Bonchev–Trinajstić information content (AvgIpc) is 1.95. The third-order valence-electron chi connectivity index (χ3n) is 1.02. The highest BCUT2D eigenvalue weighted by atomic mass is 32.3. The van der Waals surface area contributed by atoms with Crippen LogP contribution in [0.5, 0.6) is 0 Å². The van der Waals surface area contributed by atoms with E-state index in [0.29, 0.717) is 0 Å². The van der Waals surface area contributed by atoms with Crippen molar-refractivity contribution in [2.75, 3.05) is 0 Å². The summed E-state index contributed by atoms with van der Waals surface area (Å²) in [6.45, 7) is 0. The van der Waals surface area contributed by atoms with Crippen LogP contribution in [0, 0.1) is 0 Å². The van der Waals surface area contributed by atoms with Crippen molar-refractivity contribution in [1.29, 1.82) is 0 Å². The van der Waals surface area contributed by atoms with Crippen LogP contribution in [0.25, 0.3) is 0 Å². The zero-order valence-corrected chi connectivity index (χ0v) is 9.34. The fourth-order valence-electron chi connectivity index (χ4n) is 0.552. The van der Waals surface area contributed by atoms with Crippen LogP contribution in [0.1, 0.15) is 6.42 Å². The van der Waals surface area contributed by atoms with Gasteiger partial charge in [-0.2, -0.15) is 16.8 Å². The molecule has 0 aliphatic carbocycles. The molecule has 0 aromatic rings. The van der Waals surface area contributed by atoms with Gasteiger partial charge in [-0.3, -0.25) is 13.9 Å². The molecule has 0 aromatic heterocycles. The Morgan fingerprint density at radius 1 is 1.00 bits per heavy atom. The lowest BCUT2D eigenvalue weighted by Crippen LogP contribution is -2.29. The van der Waals surface area contributed by atoms with Crippen LogP contribution < -0.4 is 0 Å². The van der Waals surface area contributed by atoms with Crippen LogP contribution in [0.4, 0.5) is 0 Å². The Bertz CT molecular complexity index is 498. The first-order valence-corrected chi connectivity index (χ1v) is 6.22. The summed E-state index contributed by atoms with van der Waals surface area (Å²) in [6, 6.07) is 0. The van der Waals surface area contributed by atoms with Crippen LogP contribution in [-0.4, -0.2) is 49.1 Å². The fourth-order valence-corrected chi connectivity index (χ4v) is 1.17. The van der Waals surface area contributed by atoms with E-state index in [9.17, 15) is 26.4 Å². The molecule has 0 spiro atoms. The fraction of sp³-hybridized carbons (Fsp3) is 0.500. The highest BCUT2D eigenvalue weighted by Crippen LogP contribution is 2.02. The summed E-state index contributed by atoms with van der Waals surface area (Å²) in [5.41, 5.74) is 0. The van der Waals surface area contributed by atoms with Gasteiger partial charge in [0.1, 0.15) is 0 Å². The first-order chi connectivity index (χ1) is 7.41. The minimum Gasteiger partial charge on any atom is -0.381 e. The average molecular weight is 294 g/mol. The zero-order valence-electron chi connectivity index (χ0n) is 7.71. The maximum atomic E-state index is 10.6. The van der Waals surface area contributed by atoms with Crippen molar-refractivity contribution < 1.29 is 49.0 Å². The first kappa shape index (κ1) is 15.7. The molecule has 0 rings (SSSR count). The maximum Gasteiger partial charge on any atom is 0.449 e. The standard InChI is InChI=1S/C4H6O11S2/c5-2(4(7)15-17(11,12)13)1-3(6)14-16(8,9)10/h2,5H,1H2,(H,8,9,10)(H,11,12,13). The van der Waals surface area contributed by atoms with Gasteiger partial charge in [0.15, 0.2) is 6.10 Å². The summed E-state index contributed by atoms with van der Waals surface area (Å²) in [6.07, 6.45) is -3.71. The Balaban J connectivity index is 4.41. The molecular formula is C4H6O11S2. The number of aliphatic hydroxyl groups is 1. The lowest BCUT2D eigenvalue weighted by molar-refractivity contribution is -0.150. The zero-order chi connectivity index (χ0) is 13.9. The molecule has 0 radical (unpaired) electrons. The van der Waals surface area contributed by atoms with Gasteiger partial charge in [0.2, 0.25) is 0 Å². The van der Waals surface area contributed by atoms with E-state index in [1.165, 1.54) is 0 Å². The third-order valence-corrected chi connectivity index (χ3v) is 1.79. The molecule has 0 amide bonds. The number of carbonyl (C=O) groups is 2. The quantitative estimate of drug-likeness (QED) is 0.453. The monoisotopic (exact) mass is 294 g/mol. The number of rotatable bonds is 5. The van der Waals surface area contributed by atoms with Crippen LogP contribution >= 0.6 is 0 Å². The number of hydrogen-bond donors (Lipinski definition) is 3. The molecule has 0 heterocycles. The van der Waals surface area contributed by atoms with E-state index in [0.717, 1.165) is 0 Å². The van der Waals surface area contributed by atoms with Gasteiger partial charge in [-0.25, -0.2) is 4.79 Å². The third kappa shape index (κ3) is 8.52. The Morgan fingerprint density at radius 3 is 1.76 bits per heavy atom. The van der Waals surface area contributed by atoms with Crippen molar-refractivity contribution in [2.45, 2.75) is 12.5 Å². The highest BCUT2D eigenvalue weighted by Gasteiger charge is 2.27. The van der Waals surface area contributed by atoms with Crippen molar-refractivity contribution in [3.63, 3.8) is 0 Å². The van der Waals surface area contributed by atoms with Gasteiger partial charge >= 0.3 is 32.7 Å². The lowest BCUT2D eigenvalue weighted by Gasteiger charge is -2.06.